The highest BCUT2D eigenvalue weighted by Gasteiger charge is 2.21. The van der Waals surface area contributed by atoms with Gasteiger partial charge in [0.05, 0.1) is 18.3 Å². The van der Waals surface area contributed by atoms with Gasteiger partial charge in [0.15, 0.2) is 6.29 Å². The Kier molecular flexibility index (Phi) is 7.86. The molecule has 0 fully saturated rings. The second-order valence-electron chi connectivity index (χ2n) is 6.58. The number of carbonyl (C=O) groups excluding carboxylic acids is 2. The summed E-state index contributed by atoms with van der Waals surface area (Å²) < 4.78 is 10.4. The van der Waals surface area contributed by atoms with E-state index in [1.807, 2.05) is 0 Å². The van der Waals surface area contributed by atoms with Gasteiger partial charge in [-0.15, -0.1) is 0 Å². The van der Waals surface area contributed by atoms with Crippen LogP contribution in [-0.4, -0.2) is 47.4 Å². The number of aliphatic hydroxyl groups is 2. The van der Waals surface area contributed by atoms with Crippen molar-refractivity contribution < 1.29 is 29.3 Å². The van der Waals surface area contributed by atoms with Crippen molar-refractivity contribution in [3.05, 3.63) is 29.3 Å². The van der Waals surface area contributed by atoms with Crippen molar-refractivity contribution in [2.24, 2.45) is 0 Å². The van der Waals surface area contributed by atoms with Crippen molar-refractivity contribution in [2.75, 3.05) is 13.2 Å². The van der Waals surface area contributed by atoms with E-state index in [9.17, 15) is 19.8 Å². The monoisotopic (exact) mass is 353 g/mol. The maximum Gasteiger partial charge on any atom is 0.407 e. The van der Waals surface area contributed by atoms with E-state index in [0.29, 0.717) is 29.8 Å². The van der Waals surface area contributed by atoms with Crippen LogP contribution in [0.1, 0.15) is 56.1 Å². The van der Waals surface area contributed by atoms with E-state index in [-0.39, 0.29) is 13.0 Å². The lowest BCUT2D eigenvalue weighted by molar-refractivity contribution is 0.0122. The van der Waals surface area contributed by atoms with Crippen molar-refractivity contribution in [1.29, 1.82) is 0 Å². The van der Waals surface area contributed by atoms with Gasteiger partial charge in [-0.05, 0) is 51.8 Å². The molecule has 0 bridgehead atoms. The highest BCUT2D eigenvalue weighted by molar-refractivity contribution is 5.79. The number of benzene rings is 1. The summed E-state index contributed by atoms with van der Waals surface area (Å²) >= 11 is 0. The van der Waals surface area contributed by atoms with Crippen LogP contribution in [0.15, 0.2) is 18.2 Å². The molecule has 7 heteroatoms. The third-order valence-corrected chi connectivity index (χ3v) is 3.27. The minimum absolute atomic E-state index is 0.129. The molecule has 0 aliphatic carbocycles. The predicted octanol–water partition coefficient (Wildman–Crippen LogP) is 2.21. The maximum atomic E-state index is 11.5. The molecular formula is C18H27NO6. The number of aldehydes is 1. The Morgan fingerprint density at radius 2 is 2.00 bits per heavy atom. The van der Waals surface area contributed by atoms with Gasteiger partial charge < -0.3 is 25.0 Å². The van der Waals surface area contributed by atoms with Crippen LogP contribution < -0.4 is 10.1 Å². The molecule has 0 aliphatic rings. The fourth-order valence-corrected chi connectivity index (χ4v) is 2.15. The third kappa shape index (κ3) is 7.11. The zero-order valence-electron chi connectivity index (χ0n) is 15.1. The molecule has 25 heavy (non-hydrogen) atoms. The van der Waals surface area contributed by atoms with E-state index in [1.165, 1.54) is 6.07 Å². The minimum Gasteiger partial charge on any atom is -0.493 e. The van der Waals surface area contributed by atoms with Crippen LogP contribution >= 0.6 is 0 Å². The summed E-state index contributed by atoms with van der Waals surface area (Å²) in [7, 11) is 0. The first-order valence-corrected chi connectivity index (χ1v) is 8.22. The Bertz CT molecular complexity index is 581. The van der Waals surface area contributed by atoms with Crippen molar-refractivity contribution in [1.82, 2.24) is 5.32 Å². The number of alkyl carbamates (subject to hydrolysis) is 1. The lowest BCUT2D eigenvalue weighted by Gasteiger charge is -2.21. The summed E-state index contributed by atoms with van der Waals surface area (Å²) in [5.41, 5.74) is 0.100. The van der Waals surface area contributed by atoms with E-state index in [2.05, 4.69) is 5.32 Å². The topological polar surface area (TPSA) is 105 Å². The molecule has 0 aliphatic heterocycles. The minimum atomic E-state index is -1.19. The number of hydrogen-bond donors (Lipinski definition) is 3. The summed E-state index contributed by atoms with van der Waals surface area (Å²) in [4.78, 5) is 22.7. The fraction of sp³-hybridized carbons (Fsp3) is 0.556. The summed E-state index contributed by atoms with van der Waals surface area (Å²) in [5, 5.41) is 22.8. The van der Waals surface area contributed by atoms with Crippen molar-refractivity contribution in [3.8, 4) is 5.75 Å². The summed E-state index contributed by atoms with van der Waals surface area (Å²) in [6.45, 7) is 7.62. The highest BCUT2D eigenvalue weighted by Crippen LogP contribution is 2.25. The van der Waals surface area contributed by atoms with Gasteiger partial charge >= 0.3 is 6.09 Å². The molecule has 1 amide bonds. The molecule has 1 aromatic rings. The lowest BCUT2D eigenvalue weighted by atomic mass is 10.00. The van der Waals surface area contributed by atoms with Crippen LogP contribution in [0, 0.1) is 0 Å². The van der Waals surface area contributed by atoms with E-state index in [1.54, 1.807) is 39.8 Å². The zero-order valence-corrected chi connectivity index (χ0v) is 15.1. The third-order valence-electron chi connectivity index (χ3n) is 3.27. The molecule has 0 heterocycles. The predicted molar refractivity (Wildman–Crippen MR) is 92.8 cm³/mol. The summed E-state index contributed by atoms with van der Waals surface area (Å²) in [6, 6.07) is 4.65. The van der Waals surface area contributed by atoms with Crippen molar-refractivity contribution in [3.63, 3.8) is 0 Å². The Hall–Kier alpha value is -2.12. The van der Waals surface area contributed by atoms with Gasteiger partial charge in [-0.3, -0.25) is 4.79 Å². The molecule has 2 atom stereocenters. The number of carbonyl (C=O) groups is 2. The first kappa shape index (κ1) is 20.9. The average Bonchev–Trinajstić information content (AvgIpc) is 2.53. The van der Waals surface area contributed by atoms with Crippen LogP contribution in [0.5, 0.6) is 5.75 Å². The maximum absolute atomic E-state index is 11.5. The zero-order chi connectivity index (χ0) is 19.0. The number of aliphatic hydroxyl groups excluding tert-OH is 2. The van der Waals surface area contributed by atoms with Crippen LogP contribution in [0.4, 0.5) is 4.79 Å². The SMILES string of the molecule is CCOc1ccc(C(O)C(O)CCNC(=O)OC(C)(C)C)cc1C=O. The van der Waals surface area contributed by atoms with E-state index in [0.717, 1.165) is 0 Å². The average molecular weight is 353 g/mol. The lowest BCUT2D eigenvalue weighted by Crippen LogP contribution is -2.34. The first-order chi connectivity index (χ1) is 11.7. The number of hydrogen-bond acceptors (Lipinski definition) is 6. The number of nitrogens with one attached hydrogen (secondary N) is 1. The molecule has 2 unspecified atom stereocenters. The highest BCUT2D eigenvalue weighted by atomic mass is 16.6. The quantitative estimate of drug-likeness (QED) is 0.619. The number of amides is 1. The molecule has 1 rings (SSSR count). The van der Waals surface area contributed by atoms with Crippen molar-refractivity contribution >= 4 is 12.4 Å². The Morgan fingerprint density at radius 3 is 2.56 bits per heavy atom. The number of ether oxygens (including phenoxy) is 2. The van der Waals surface area contributed by atoms with Gasteiger partial charge in [-0.25, -0.2) is 4.79 Å². The summed E-state index contributed by atoms with van der Waals surface area (Å²) in [6.07, 6.45) is -2.11. The normalized spacial score (nSPS) is 13.7. The molecule has 3 N–H and O–H groups in total. The van der Waals surface area contributed by atoms with Gasteiger partial charge in [-0.1, -0.05) is 6.07 Å². The van der Waals surface area contributed by atoms with Gasteiger partial charge in [0.25, 0.3) is 0 Å². The molecule has 7 nitrogen and oxygen atoms in total. The van der Waals surface area contributed by atoms with E-state index in [4.69, 9.17) is 9.47 Å². The van der Waals surface area contributed by atoms with Crippen LogP contribution in [-0.2, 0) is 4.74 Å². The largest absolute Gasteiger partial charge is 0.493 e. The van der Waals surface area contributed by atoms with Crippen LogP contribution in [0.3, 0.4) is 0 Å². The Labute approximate surface area is 147 Å². The molecular weight excluding hydrogens is 326 g/mol. The van der Waals surface area contributed by atoms with Crippen LogP contribution in [0.2, 0.25) is 0 Å². The standard InChI is InChI=1S/C18H27NO6/c1-5-24-15-7-6-12(10-13(15)11-20)16(22)14(21)8-9-19-17(23)25-18(2,3)4/h6-7,10-11,14,16,21-22H,5,8-9H2,1-4H3,(H,19,23). The van der Waals surface area contributed by atoms with Gasteiger partial charge in [0.2, 0.25) is 0 Å². The second-order valence-corrected chi connectivity index (χ2v) is 6.58. The first-order valence-electron chi connectivity index (χ1n) is 8.22. The second kappa shape index (κ2) is 9.39. The summed E-state index contributed by atoms with van der Waals surface area (Å²) in [5.74, 6) is 0.425. The van der Waals surface area contributed by atoms with E-state index >= 15 is 0 Å². The number of rotatable bonds is 8. The van der Waals surface area contributed by atoms with Gasteiger partial charge in [0, 0.05) is 6.54 Å². The molecule has 140 valence electrons. The molecule has 0 saturated carbocycles. The Morgan fingerprint density at radius 1 is 1.32 bits per heavy atom. The molecule has 0 saturated heterocycles. The van der Waals surface area contributed by atoms with E-state index < -0.39 is 23.9 Å². The Balaban J connectivity index is 2.60. The fourth-order valence-electron chi connectivity index (χ4n) is 2.15. The smallest absolute Gasteiger partial charge is 0.407 e. The van der Waals surface area contributed by atoms with Gasteiger partial charge in [0.1, 0.15) is 17.5 Å². The molecule has 0 radical (unpaired) electrons. The van der Waals surface area contributed by atoms with Crippen molar-refractivity contribution in [2.45, 2.75) is 51.9 Å². The molecule has 1 aromatic carbocycles. The molecule has 0 aromatic heterocycles. The van der Waals surface area contributed by atoms with Crippen LogP contribution in [0.25, 0.3) is 0 Å². The van der Waals surface area contributed by atoms with Gasteiger partial charge in [-0.2, -0.15) is 0 Å². The molecule has 0 spiro atoms.